The topological polar surface area (TPSA) is 64.4 Å². The van der Waals surface area contributed by atoms with Gasteiger partial charge in [0, 0.05) is 11.0 Å². The van der Waals surface area contributed by atoms with Crippen molar-refractivity contribution in [3.63, 3.8) is 0 Å². The molecule has 5 nitrogen and oxygen atoms in total. The summed E-state index contributed by atoms with van der Waals surface area (Å²) in [6.07, 6.45) is 3.15. The third kappa shape index (κ3) is 3.02. The van der Waals surface area contributed by atoms with Crippen molar-refractivity contribution >= 4 is 32.9 Å². The van der Waals surface area contributed by atoms with Crippen molar-refractivity contribution < 1.29 is 14.6 Å². The molecule has 0 radical (unpaired) electrons. The van der Waals surface area contributed by atoms with E-state index >= 15 is 0 Å². The van der Waals surface area contributed by atoms with E-state index < -0.39 is 11.4 Å². The molecule has 4 rings (SSSR count). The van der Waals surface area contributed by atoms with Crippen LogP contribution in [-0.4, -0.2) is 27.7 Å². The number of carbonyl (C=O) groups is 1. The maximum Gasteiger partial charge on any atom is 0.314 e. The van der Waals surface area contributed by atoms with E-state index in [9.17, 15) is 9.90 Å². The molecule has 1 aliphatic carbocycles. The van der Waals surface area contributed by atoms with Crippen LogP contribution in [0, 0.1) is 5.92 Å². The van der Waals surface area contributed by atoms with Gasteiger partial charge in [-0.3, -0.25) is 4.79 Å². The summed E-state index contributed by atoms with van der Waals surface area (Å²) in [5.41, 5.74) is 2.98. The highest BCUT2D eigenvalue weighted by atomic mass is 79.9. The molecule has 3 aromatic rings. The number of halogens is 1. The number of benzene rings is 2. The number of aromatic nitrogens is 2. The van der Waals surface area contributed by atoms with E-state index in [4.69, 9.17) is 4.74 Å². The lowest BCUT2D eigenvalue weighted by molar-refractivity contribution is -0.149. The Hall–Kier alpha value is -2.34. The van der Waals surface area contributed by atoms with Crippen molar-refractivity contribution in [1.82, 2.24) is 9.55 Å². The quantitative estimate of drug-likeness (QED) is 0.644. The number of ether oxygens (including phenoxy) is 1. The summed E-state index contributed by atoms with van der Waals surface area (Å²) in [7, 11) is 1.65. The van der Waals surface area contributed by atoms with E-state index in [1.165, 1.54) is 0 Å². The lowest BCUT2D eigenvalue weighted by Crippen LogP contribution is -2.47. The summed E-state index contributed by atoms with van der Waals surface area (Å²) in [6, 6.07) is 11.8. The minimum absolute atomic E-state index is 0.430. The lowest BCUT2D eigenvalue weighted by Gasteiger charge is -2.43. The van der Waals surface area contributed by atoms with Crippen molar-refractivity contribution in [1.29, 1.82) is 0 Å². The van der Waals surface area contributed by atoms with Crippen LogP contribution in [0.2, 0.25) is 0 Å². The van der Waals surface area contributed by atoms with Crippen LogP contribution in [0.15, 0.2) is 47.2 Å². The predicted octanol–water partition coefficient (Wildman–Crippen LogP) is 4.61. The third-order valence-electron chi connectivity index (χ3n) is 5.55. The second-order valence-electron chi connectivity index (χ2n) is 7.45. The Morgan fingerprint density at radius 2 is 2.04 bits per heavy atom. The van der Waals surface area contributed by atoms with Crippen molar-refractivity contribution in [2.75, 3.05) is 7.11 Å². The molecular weight excluding hydrogens is 408 g/mol. The molecule has 27 heavy (non-hydrogen) atoms. The van der Waals surface area contributed by atoms with Crippen LogP contribution < -0.4 is 4.74 Å². The summed E-state index contributed by atoms with van der Waals surface area (Å²) in [5, 5.41) is 9.87. The van der Waals surface area contributed by atoms with E-state index in [2.05, 4.69) is 32.4 Å². The SMILES string of the molecule is COc1ccc(Cn2cnc3c(Br)cc(C4(C(=O)O)CC(C)C4)cc32)cc1. The molecule has 2 aromatic carbocycles. The summed E-state index contributed by atoms with van der Waals surface area (Å²) in [6.45, 7) is 2.76. The molecule has 1 N–H and O–H groups in total. The number of nitrogens with zero attached hydrogens (tertiary/aromatic N) is 2. The van der Waals surface area contributed by atoms with Gasteiger partial charge in [0.25, 0.3) is 0 Å². The monoisotopic (exact) mass is 428 g/mol. The Kier molecular flexibility index (Phi) is 4.46. The zero-order chi connectivity index (χ0) is 19.2. The molecule has 0 atom stereocenters. The number of methoxy groups -OCH3 is 1. The second kappa shape index (κ2) is 6.68. The minimum atomic E-state index is -0.786. The normalized spacial score (nSPS) is 21.8. The fraction of sp³-hybridized carbons (Fsp3) is 0.333. The third-order valence-corrected chi connectivity index (χ3v) is 6.15. The van der Waals surface area contributed by atoms with Crippen molar-refractivity contribution in [2.45, 2.75) is 31.7 Å². The Labute approximate surface area is 166 Å². The van der Waals surface area contributed by atoms with Gasteiger partial charge in [-0.2, -0.15) is 0 Å². The van der Waals surface area contributed by atoms with Gasteiger partial charge in [-0.05, 0) is 70.1 Å². The van der Waals surface area contributed by atoms with Crippen molar-refractivity contribution in [3.05, 3.63) is 58.3 Å². The van der Waals surface area contributed by atoms with Gasteiger partial charge in [-0.1, -0.05) is 19.1 Å². The van der Waals surface area contributed by atoms with E-state index in [0.29, 0.717) is 25.3 Å². The highest BCUT2D eigenvalue weighted by Gasteiger charge is 2.50. The van der Waals surface area contributed by atoms with Crippen LogP contribution in [0.25, 0.3) is 11.0 Å². The zero-order valence-electron chi connectivity index (χ0n) is 15.3. The van der Waals surface area contributed by atoms with Crippen LogP contribution in [0.1, 0.15) is 30.9 Å². The van der Waals surface area contributed by atoms with Crippen molar-refractivity contribution in [3.8, 4) is 5.75 Å². The minimum Gasteiger partial charge on any atom is -0.497 e. The molecule has 6 heteroatoms. The fourth-order valence-corrected chi connectivity index (χ4v) is 4.67. The Morgan fingerprint density at radius 3 is 2.63 bits per heavy atom. The van der Waals surface area contributed by atoms with Crippen LogP contribution in [0.4, 0.5) is 0 Å². The largest absolute Gasteiger partial charge is 0.497 e. The van der Waals surface area contributed by atoms with Crippen LogP contribution >= 0.6 is 15.9 Å². The second-order valence-corrected chi connectivity index (χ2v) is 8.30. The molecule has 0 aliphatic heterocycles. The molecule has 140 valence electrons. The van der Waals surface area contributed by atoms with Gasteiger partial charge >= 0.3 is 5.97 Å². The molecule has 0 bridgehead atoms. The summed E-state index contributed by atoms with van der Waals surface area (Å²) < 4.78 is 8.11. The molecule has 1 heterocycles. The molecule has 1 saturated carbocycles. The average Bonchev–Trinajstić information content (AvgIpc) is 3.02. The summed E-state index contributed by atoms with van der Waals surface area (Å²) in [5.74, 6) is 0.509. The maximum absolute atomic E-state index is 12.0. The van der Waals surface area contributed by atoms with Gasteiger partial charge in [-0.15, -0.1) is 0 Å². The number of rotatable bonds is 5. The van der Waals surface area contributed by atoms with Crippen molar-refractivity contribution in [2.24, 2.45) is 5.92 Å². The predicted molar refractivity (Wildman–Crippen MR) is 107 cm³/mol. The number of fused-ring (bicyclic) bond motifs is 1. The van der Waals surface area contributed by atoms with E-state index in [0.717, 1.165) is 32.4 Å². The molecule has 0 spiro atoms. The Balaban J connectivity index is 1.75. The van der Waals surface area contributed by atoms with E-state index in [1.807, 2.05) is 36.4 Å². The summed E-state index contributed by atoms with van der Waals surface area (Å²) in [4.78, 5) is 16.5. The molecule has 1 aliphatic rings. The van der Waals surface area contributed by atoms with Gasteiger partial charge in [0.15, 0.2) is 0 Å². The lowest BCUT2D eigenvalue weighted by atomic mass is 9.59. The van der Waals surface area contributed by atoms with Gasteiger partial charge in [0.2, 0.25) is 0 Å². The number of carboxylic acid groups (broad SMARTS) is 1. The number of hydrogen-bond donors (Lipinski definition) is 1. The van der Waals surface area contributed by atoms with E-state index in [-0.39, 0.29) is 0 Å². The highest BCUT2D eigenvalue weighted by Crippen LogP contribution is 2.49. The van der Waals surface area contributed by atoms with Gasteiger partial charge in [0.05, 0.1) is 24.4 Å². The number of carboxylic acids is 1. The first-order valence-corrected chi connectivity index (χ1v) is 9.73. The molecule has 0 saturated heterocycles. The van der Waals surface area contributed by atoms with Gasteiger partial charge in [0.1, 0.15) is 11.3 Å². The Morgan fingerprint density at radius 1 is 1.33 bits per heavy atom. The fourth-order valence-electron chi connectivity index (χ4n) is 4.11. The maximum atomic E-state index is 12.0. The van der Waals surface area contributed by atoms with Crippen LogP contribution in [-0.2, 0) is 16.8 Å². The molecule has 0 unspecified atom stereocenters. The number of aliphatic carboxylic acids is 1. The highest BCUT2D eigenvalue weighted by molar-refractivity contribution is 9.10. The smallest absolute Gasteiger partial charge is 0.314 e. The number of imidazole rings is 1. The molecule has 1 fully saturated rings. The molecule has 0 amide bonds. The standard InChI is InChI=1S/C21H21BrN2O3/c1-13-9-21(10-13,20(25)26)15-7-17(22)19-18(8-15)24(12-23-19)11-14-3-5-16(27-2)6-4-14/h3-8,12-13H,9-11H2,1-2H3,(H,25,26). The first-order valence-electron chi connectivity index (χ1n) is 8.94. The molecular formula is C21H21BrN2O3. The Bertz CT molecular complexity index is 1000. The molecule has 1 aromatic heterocycles. The first-order chi connectivity index (χ1) is 12.9. The van der Waals surface area contributed by atoms with Gasteiger partial charge in [-0.25, -0.2) is 4.98 Å². The number of hydrogen-bond acceptors (Lipinski definition) is 3. The average molecular weight is 429 g/mol. The van der Waals surface area contributed by atoms with Crippen LogP contribution in [0.5, 0.6) is 5.75 Å². The van der Waals surface area contributed by atoms with Crippen LogP contribution in [0.3, 0.4) is 0 Å². The van der Waals surface area contributed by atoms with E-state index in [1.54, 1.807) is 13.4 Å². The summed E-state index contributed by atoms with van der Waals surface area (Å²) >= 11 is 3.59. The van der Waals surface area contributed by atoms with Gasteiger partial charge < -0.3 is 14.4 Å². The first kappa shape index (κ1) is 18.0. The zero-order valence-corrected chi connectivity index (χ0v) is 16.9.